The highest BCUT2D eigenvalue weighted by Crippen LogP contribution is 2.32. The van der Waals surface area contributed by atoms with Crippen LogP contribution in [0.5, 0.6) is 5.75 Å². The van der Waals surface area contributed by atoms with Gasteiger partial charge in [-0.15, -0.1) is 0 Å². The lowest BCUT2D eigenvalue weighted by Crippen LogP contribution is -2.43. The Morgan fingerprint density at radius 2 is 1.85 bits per heavy atom. The van der Waals surface area contributed by atoms with Gasteiger partial charge in [0.15, 0.2) is 0 Å². The summed E-state index contributed by atoms with van der Waals surface area (Å²) in [5.74, 6) is 0.0478. The van der Waals surface area contributed by atoms with Gasteiger partial charge < -0.3 is 15.0 Å². The van der Waals surface area contributed by atoms with Gasteiger partial charge in [0.2, 0.25) is 5.91 Å². The van der Waals surface area contributed by atoms with Crippen molar-refractivity contribution in [3.8, 4) is 5.75 Å². The molecule has 2 aromatic rings. The number of ether oxygens (including phenoxy) is 1. The smallest absolute Gasteiger partial charge is 0.264 e. The highest BCUT2D eigenvalue weighted by molar-refractivity contribution is 7.92. The first-order chi connectivity index (χ1) is 16.0. The second-order valence-electron chi connectivity index (χ2n) is 8.29. The molecule has 180 valence electrons. The number of para-hydroxylation sites is 2. The zero-order valence-corrected chi connectivity index (χ0v) is 20.4. The lowest BCUT2D eigenvalue weighted by molar-refractivity contribution is -0.119. The van der Waals surface area contributed by atoms with Crippen LogP contribution in [0.3, 0.4) is 0 Å². The maximum absolute atomic E-state index is 13.4. The van der Waals surface area contributed by atoms with Gasteiger partial charge in [0.05, 0.1) is 17.7 Å². The first kappa shape index (κ1) is 25.1. The van der Waals surface area contributed by atoms with Crippen molar-refractivity contribution in [3.05, 3.63) is 54.6 Å². The number of methoxy groups -OCH3 is 1. The number of rotatable bonds is 11. The Kier molecular flexibility index (Phi) is 9.14. The van der Waals surface area contributed by atoms with Crippen LogP contribution in [0, 0.1) is 0 Å². The molecule has 1 aliphatic heterocycles. The zero-order chi connectivity index (χ0) is 23.7. The lowest BCUT2D eigenvalue weighted by Gasteiger charge is -2.35. The molecule has 33 heavy (non-hydrogen) atoms. The number of sulfonamides is 1. The summed E-state index contributed by atoms with van der Waals surface area (Å²) >= 11 is 0. The number of amides is 1. The minimum Gasteiger partial charge on any atom is -0.495 e. The summed E-state index contributed by atoms with van der Waals surface area (Å²) in [5.41, 5.74) is 0.332. The molecule has 1 amide bonds. The van der Waals surface area contributed by atoms with E-state index >= 15 is 0 Å². The number of likely N-dealkylation sites (tertiary alicyclic amines) is 1. The molecule has 0 saturated carbocycles. The van der Waals surface area contributed by atoms with Crippen molar-refractivity contribution >= 4 is 21.6 Å². The van der Waals surface area contributed by atoms with Gasteiger partial charge in [-0.05, 0) is 56.5 Å². The van der Waals surface area contributed by atoms with E-state index in [4.69, 9.17) is 4.74 Å². The summed E-state index contributed by atoms with van der Waals surface area (Å²) in [4.78, 5) is 15.4. The molecule has 1 N–H and O–H groups in total. The third-order valence-corrected chi connectivity index (χ3v) is 7.91. The van der Waals surface area contributed by atoms with Gasteiger partial charge in [0, 0.05) is 19.1 Å². The molecule has 1 fully saturated rings. The Bertz CT molecular complexity index is 998. The van der Waals surface area contributed by atoms with Crippen LogP contribution in [0.15, 0.2) is 59.5 Å². The molecular formula is C25H35N3O4S. The molecule has 7 nitrogen and oxygen atoms in total. The second-order valence-corrected chi connectivity index (χ2v) is 10.2. The number of piperidine rings is 1. The monoisotopic (exact) mass is 473 g/mol. The fraction of sp³-hybridized carbons (Fsp3) is 0.480. The maximum Gasteiger partial charge on any atom is 0.264 e. The fourth-order valence-electron chi connectivity index (χ4n) is 4.37. The van der Waals surface area contributed by atoms with E-state index in [-0.39, 0.29) is 17.3 Å². The normalized spacial score (nSPS) is 16.8. The van der Waals surface area contributed by atoms with Crippen molar-refractivity contribution in [1.82, 2.24) is 10.2 Å². The van der Waals surface area contributed by atoms with E-state index < -0.39 is 10.0 Å². The van der Waals surface area contributed by atoms with Crippen LogP contribution in [-0.2, 0) is 14.8 Å². The van der Waals surface area contributed by atoms with E-state index in [1.54, 1.807) is 42.5 Å². The van der Waals surface area contributed by atoms with Crippen LogP contribution < -0.4 is 14.4 Å². The molecule has 2 aromatic carbocycles. The van der Waals surface area contributed by atoms with Crippen LogP contribution >= 0.6 is 0 Å². The third kappa shape index (κ3) is 6.48. The second kappa shape index (κ2) is 12.0. The Labute approximate surface area is 197 Å². The van der Waals surface area contributed by atoms with E-state index in [2.05, 4.69) is 17.1 Å². The number of anilines is 1. The first-order valence-electron chi connectivity index (χ1n) is 11.7. The van der Waals surface area contributed by atoms with Crippen molar-refractivity contribution < 1.29 is 17.9 Å². The molecule has 1 atom stereocenters. The van der Waals surface area contributed by atoms with Crippen molar-refractivity contribution in [2.75, 3.05) is 37.6 Å². The molecule has 1 saturated heterocycles. The van der Waals surface area contributed by atoms with E-state index in [0.717, 1.165) is 30.2 Å². The van der Waals surface area contributed by atoms with Gasteiger partial charge in [0.1, 0.15) is 12.3 Å². The molecule has 0 radical (unpaired) electrons. The van der Waals surface area contributed by atoms with Crippen molar-refractivity contribution in [2.45, 2.75) is 50.0 Å². The Balaban J connectivity index is 1.68. The largest absolute Gasteiger partial charge is 0.495 e. The highest BCUT2D eigenvalue weighted by Gasteiger charge is 2.29. The number of benzene rings is 2. The minimum absolute atomic E-state index is 0.124. The summed E-state index contributed by atoms with van der Waals surface area (Å²) in [6.45, 7) is 4.47. The molecule has 1 heterocycles. The summed E-state index contributed by atoms with van der Waals surface area (Å²) in [6, 6.07) is 15.6. The van der Waals surface area contributed by atoms with Gasteiger partial charge >= 0.3 is 0 Å². The third-order valence-electron chi connectivity index (χ3n) is 6.14. The highest BCUT2D eigenvalue weighted by atomic mass is 32.2. The average Bonchev–Trinajstić information content (AvgIpc) is 2.85. The molecule has 0 aliphatic carbocycles. The molecule has 0 aromatic heterocycles. The predicted molar refractivity (Wildman–Crippen MR) is 131 cm³/mol. The Morgan fingerprint density at radius 3 is 2.58 bits per heavy atom. The molecular weight excluding hydrogens is 438 g/mol. The number of carbonyl (C=O) groups excluding carboxylic acids is 1. The van der Waals surface area contributed by atoms with E-state index in [1.165, 1.54) is 38.5 Å². The zero-order valence-electron chi connectivity index (χ0n) is 19.6. The van der Waals surface area contributed by atoms with Crippen LogP contribution in [-0.4, -0.2) is 58.6 Å². The minimum atomic E-state index is -3.96. The topological polar surface area (TPSA) is 79.0 Å². The van der Waals surface area contributed by atoms with Gasteiger partial charge in [-0.1, -0.05) is 43.7 Å². The van der Waals surface area contributed by atoms with Crippen LogP contribution in [0.4, 0.5) is 5.69 Å². The van der Waals surface area contributed by atoms with Gasteiger partial charge in [-0.2, -0.15) is 0 Å². The Hall–Kier alpha value is -2.58. The van der Waals surface area contributed by atoms with Crippen LogP contribution in [0.25, 0.3) is 0 Å². The van der Waals surface area contributed by atoms with Gasteiger partial charge in [0.25, 0.3) is 10.0 Å². The van der Waals surface area contributed by atoms with Gasteiger partial charge in [-0.25, -0.2) is 8.42 Å². The van der Waals surface area contributed by atoms with Crippen LogP contribution in [0.2, 0.25) is 0 Å². The molecule has 0 bridgehead atoms. The molecule has 1 aliphatic rings. The van der Waals surface area contributed by atoms with Crippen molar-refractivity contribution in [3.63, 3.8) is 0 Å². The van der Waals surface area contributed by atoms with Gasteiger partial charge in [-0.3, -0.25) is 9.10 Å². The van der Waals surface area contributed by atoms with E-state index in [1.807, 2.05) is 0 Å². The van der Waals surface area contributed by atoms with E-state index in [0.29, 0.717) is 24.0 Å². The molecule has 0 spiro atoms. The predicted octanol–water partition coefficient (Wildman–Crippen LogP) is 3.66. The lowest BCUT2D eigenvalue weighted by atomic mass is 10.00. The number of nitrogens with one attached hydrogen (secondary N) is 1. The number of nitrogens with zero attached hydrogens (tertiary/aromatic N) is 2. The maximum atomic E-state index is 13.4. The van der Waals surface area contributed by atoms with Crippen LogP contribution in [0.1, 0.15) is 39.0 Å². The van der Waals surface area contributed by atoms with Crippen molar-refractivity contribution in [2.24, 2.45) is 0 Å². The Morgan fingerprint density at radius 1 is 1.12 bits per heavy atom. The molecule has 3 rings (SSSR count). The van der Waals surface area contributed by atoms with E-state index in [9.17, 15) is 13.2 Å². The SMILES string of the molecule is CCC1CCCCN1CCCNC(=O)CN(c1ccccc1OC)S(=O)(=O)c1ccccc1. The van der Waals surface area contributed by atoms with Crippen molar-refractivity contribution in [1.29, 1.82) is 0 Å². The standard InChI is InChI=1S/C25H35N3O4S/c1-3-21-12-9-10-18-27(21)19-11-17-26-25(29)20-28(23-15-7-8-16-24(23)32-2)33(30,31)22-13-5-4-6-14-22/h4-8,13-16,21H,3,9-12,17-20H2,1-2H3,(H,26,29). The number of carbonyl (C=O) groups is 1. The summed E-state index contributed by atoms with van der Waals surface area (Å²) in [5, 5.41) is 2.90. The first-order valence-corrected chi connectivity index (χ1v) is 13.1. The molecule has 1 unspecified atom stereocenters. The summed E-state index contributed by atoms with van der Waals surface area (Å²) < 4.78 is 33.4. The quantitative estimate of drug-likeness (QED) is 0.504. The average molecular weight is 474 g/mol. The summed E-state index contributed by atoms with van der Waals surface area (Å²) in [6.07, 6.45) is 5.75. The fourth-order valence-corrected chi connectivity index (χ4v) is 5.82. The number of hydrogen-bond acceptors (Lipinski definition) is 5. The summed E-state index contributed by atoms with van der Waals surface area (Å²) in [7, 11) is -2.47. The molecule has 8 heteroatoms. The number of hydrogen-bond donors (Lipinski definition) is 1.